The summed E-state index contributed by atoms with van der Waals surface area (Å²) in [6.45, 7) is 2.46. The Morgan fingerprint density at radius 1 is 1.11 bits per heavy atom. The second-order valence-corrected chi connectivity index (χ2v) is 8.83. The number of amides is 1. The summed E-state index contributed by atoms with van der Waals surface area (Å²) in [7, 11) is -2.00. The third-order valence-corrected chi connectivity index (χ3v) is 6.82. The van der Waals surface area contributed by atoms with Crippen LogP contribution in [0, 0.1) is 18.7 Å². The zero-order valence-electron chi connectivity index (χ0n) is 15.4. The zero-order chi connectivity index (χ0) is 19.6. The zero-order valence-corrected chi connectivity index (χ0v) is 16.2. The van der Waals surface area contributed by atoms with Crippen LogP contribution in [0.2, 0.25) is 0 Å². The van der Waals surface area contributed by atoms with Crippen LogP contribution in [0.25, 0.3) is 0 Å². The summed E-state index contributed by atoms with van der Waals surface area (Å²) in [5.41, 5.74) is 1.57. The summed E-state index contributed by atoms with van der Waals surface area (Å²) < 4.78 is 40.3. The van der Waals surface area contributed by atoms with E-state index in [9.17, 15) is 17.6 Å². The van der Waals surface area contributed by atoms with Crippen LogP contribution < -0.4 is 4.90 Å². The number of nitrogens with zero attached hydrogens (tertiary/aromatic N) is 2. The van der Waals surface area contributed by atoms with Crippen LogP contribution >= 0.6 is 0 Å². The Morgan fingerprint density at radius 3 is 2.37 bits per heavy atom. The lowest BCUT2D eigenvalue weighted by atomic mass is 9.98. The molecule has 0 saturated carbocycles. The molecule has 1 unspecified atom stereocenters. The van der Waals surface area contributed by atoms with Crippen molar-refractivity contribution in [3.05, 3.63) is 59.9 Å². The van der Waals surface area contributed by atoms with Crippen molar-refractivity contribution in [1.82, 2.24) is 4.31 Å². The number of hydrogen-bond acceptors (Lipinski definition) is 3. The highest BCUT2D eigenvalue weighted by Crippen LogP contribution is 2.26. The summed E-state index contributed by atoms with van der Waals surface area (Å²) in [6.07, 6.45) is 1.25. The number of benzene rings is 2. The molecule has 2 aromatic carbocycles. The summed E-state index contributed by atoms with van der Waals surface area (Å²) in [6, 6.07) is 12.4. The highest BCUT2D eigenvalue weighted by atomic mass is 32.2. The Bertz CT molecular complexity index is 911. The lowest BCUT2D eigenvalue weighted by Gasteiger charge is -2.33. The Kier molecular flexibility index (Phi) is 5.62. The van der Waals surface area contributed by atoms with Gasteiger partial charge in [0.2, 0.25) is 15.9 Å². The van der Waals surface area contributed by atoms with Crippen LogP contribution in [-0.4, -0.2) is 38.8 Å². The van der Waals surface area contributed by atoms with Gasteiger partial charge in [-0.1, -0.05) is 17.7 Å². The van der Waals surface area contributed by atoms with E-state index >= 15 is 0 Å². The molecule has 0 aromatic heterocycles. The predicted molar refractivity (Wildman–Crippen MR) is 102 cm³/mol. The molecular weight excluding hydrogens is 367 g/mol. The summed E-state index contributed by atoms with van der Waals surface area (Å²) in [4.78, 5) is 14.6. The van der Waals surface area contributed by atoms with Crippen molar-refractivity contribution in [2.45, 2.75) is 24.7 Å². The van der Waals surface area contributed by atoms with Gasteiger partial charge in [0.15, 0.2) is 0 Å². The van der Waals surface area contributed by atoms with Gasteiger partial charge in [-0.3, -0.25) is 4.79 Å². The Morgan fingerprint density at radius 2 is 1.74 bits per heavy atom. The van der Waals surface area contributed by atoms with Crippen molar-refractivity contribution < 1.29 is 17.6 Å². The molecule has 0 bridgehead atoms. The van der Waals surface area contributed by atoms with Gasteiger partial charge in [-0.2, -0.15) is 4.31 Å². The van der Waals surface area contributed by atoms with Crippen LogP contribution in [0.5, 0.6) is 0 Å². The minimum absolute atomic E-state index is 0.153. The Hall–Kier alpha value is -2.25. The molecule has 0 spiro atoms. The standard InChI is InChI=1S/C20H23FN2O3S/c1-15-5-11-19(12-6-15)27(25,26)23-13-3-4-16(14-23)20(24)22(2)18-9-7-17(21)8-10-18/h5-12,16H,3-4,13-14H2,1-2H3. The van der Waals surface area contributed by atoms with Crippen LogP contribution in [0.4, 0.5) is 10.1 Å². The van der Waals surface area contributed by atoms with Gasteiger partial charge in [0.05, 0.1) is 10.8 Å². The average Bonchev–Trinajstić information content (AvgIpc) is 2.68. The fourth-order valence-electron chi connectivity index (χ4n) is 3.29. The molecule has 1 amide bonds. The van der Waals surface area contributed by atoms with E-state index in [0.717, 1.165) is 5.56 Å². The molecule has 1 heterocycles. The fraction of sp³-hybridized carbons (Fsp3) is 0.350. The smallest absolute Gasteiger partial charge is 0.243 e. The Labute approximate surface area is 159 Å². The molecule has 3 rings (SSSR count). The number of piperidine rings is 1. The van der Waals surface area contributed by atoms with E-state index in [4.69, 9.17) is 0 Å². The molecule has 1 fully saturated rings. The largest absolute Gasteiger partial charge is 0.315 e. The first kappa shape index (κ1) is 19.5. The van der Waals surface area contributed by atoms with Gasteiger partial charge in [-0.25, -0.2) is 12.8 Å². The van der Waals surface area contributed by atoms with Gasteiger partial charge in [-0.15, -0.1) is 0 Å². The summed E-state index contributed by atoms with van der Waals surface area (Å²) >= 11 is 0. The first-order valence-electron chi connectivity index (χ1n) is 8.89. The van der Waals surface area contributed by atoms with E-state index in [1.165, 1.54) is 33.5 Å². The molecule has 144 valence electrons. The highest BCUT2D eigenvalue weighted by molar-refractivity contribution is 7.89. The molecule has 2 aromatic rings. The maximum atomic E-state index is 13.1. The first-order valence-corrected chi connectivity index (χ1v) is 10.3. The molecule has 27 heavy (non-hydrogen) atoms. The van der Waals surface area contributed by atoms with Crippen molar-refractivity contribution in [1.29, 1.82) is 0 Å². The summed E-state index contributed by atoms with van der Waals surface area (Å²) in [5.74, 6) is -0.952. The second kappa shape index (κ2) is 7.78. The van der Waals surface area contributed by atoms with Crippen molar-refractivity contribution in [2.75, 3.05) is 25.0 Å². The third-order valence-electron chi connectivity index (χ3n) is 4.94. The van der Waals surface area contributed by atoms with E-state index in [0.29, 0.717) is 25.1 Å². The van der Waals surface area contributed by atoms with Gasteiger partial charge in [0.1, 0.15) is 5.82 Å². The molecule has 0 aliphatic carbocycles. The van der Waals surface area contributed by atoms with E-state index < -0.39 is 15.9 Å². The molecule has 1 atom stereocenters. The predicted octanol–water partition coefficient (Wildman–Crippen LogP) is 3.20. The van der Waals surface area contributed by atoms with Crippen molar-refractivity contribution in [3.8, 4) is 0 Å². The molecule has 0 N–H and O–H groups in total. The molecule has 1 saturated heterocycles. The van der Waals surface area contributed by atoms with Gasteiger partial charge in [-0.05, 0) is 56.2 Å². The lowest BCUT2D eigenvalue weighted by molar-refractivity contribution is -0.123. The van der Waals surface area contributed by atoms with Gasteiger partial charge >= 0.3 is 0 Å². The second-order valence-electron chi connectivity index (χ2n) is 6.89. The van der Waals surface area contributed by atoms with Gasteiger partial charge in [0, 0.05) is 25.8 Å². The number of carbonyl (C=O) groups excluding carboxylic acids is 1. The van der Waals surface area contributed by atoms with E-state index in [2.05, 4.69) is 0 Å². The highest BCUT2D eigenvalue weighted by Gasteiger charge is 2.34. The van der Waals surface area contributed by atoms with Crippen molar-refractivity contribution in [2.24, 2.45) is 5.92 Å². The van der Waals surface area contributed by atoms with Gasteiger partial charge in [0.25, 0.3) is 0 Å². The van der Waals surface area contributed by atoms with Gasteiger partial charge < -0.3 is 4.90 Å². The molecule has 1 aliphatic heterocycles. The number of sulfonamides is 1. The van der Waals surface area contributed by atoms with E-state index in [1.54, 1.807) is 31.3 Å². The van der Waals surface area contributed by atoms with Crippen LogP contribution in [0.1, 0.15) is 18.4 Å². The summed E-state index contributed by atoms with van der Waals surface area (Å²) in [5, 5.41) is 0. The maximum Gasteiger partial charge on any atom is 0.243 e. The van der Waals surface area contributed by atoms with E-state index in [1.807, 2.05) is 6.92 Å². The third kappa shape index (κ3) is 4.20. The molecule has 5 nitrogen and oxygen atoms in total. The number of halogens is 1. The molecular formula is C20H23FN2O3S. The normalized spacial score (nSPS) is 18.3. The number of hydrogen-bond donors (Lipinski definition) is 0. The van der Waals surface area contributed by atoms with Crippen LogP contribution in [0.3, 0.4) is 0 Å². The maximum absolute atomic E-state index is 13.1. The number of aryl methyl sites for hydroxylation is 1. The van der Waals surface area contributed by atoms with Crippen LogP contribution in [0.15, 0.2) is 53.4 Å². The lowest BCUT2D eigenvalue weighted by Crippen LogP contribution is -2.45. The number of carbonyl (C=O) groups is 1. The average molecular weight is 390 g/mol. The molecule has 0 radical (unpaired) electrons. The Balaban J connectivity index is 1.76. The van der Waals surface area contributed by atoms with E-state index in [-0.39, 0.29) is 23.2 Å². The minimum Gasteiger partial charge on any atom is -0.315 e. The number of anilines is 1. The monoisotopic (exact) mass is 390 g/mol. The molecule has 1 aliphatic rings. The topological polar surface area (TPSA) is 57.7 Å². The van der Waals surface area contributed by atoms with Crippen molar-refractivity contribution in [3.63, 3.8) is 0 Å². The first-order chi connectivity index (χ1) is 12.8. The molecule has 7 heteroatoms. The fourth-order valence-corrected chi connectivity index (χ4v) is 4.81. The SMILES string of the molecule is Cc1ccc(S(=O)(=O)N2CCCC(C(=O)N(C)c3ccc(F)cc3)C2)cc1. The quantitative estimate of drug-likeness (QED) is 0.806. The van der Waals surface area contributed by atoms with Crippen LogP contribution in [-0.2, 0) is 14.8 Å². The minimum atomic E-state index is -3.63. The number of rotatable bonds is 4. The van der Waals surface area contributed by atoms with Crippen molar-refractivity contribution >= 4 is 21.6 Å².